The number of rotatable bonds is 6. The normalized spacial score (nSPS) is 14.5. The number of para-hydroxylation sites is 1. The number of hydrogen-bond acceptors (Lipinski definition) is 8. The van der Waals surface area contributed by atoms with E-state index in [2.05, 4.69) is 9.97 Å². The lowest BCUT2D eigenvalue weighted by atomic mass is 9.97. The Morgan fingerprint density at radius 2 is 2.03 bits per heavy atom. The number of halogens is 1. The number of anilines is 3. The van der Waals surface area contributed by atoms with Crippen molar-refractivity contribution in [3.05, 3.63) is 46.5 Å². The van der Waals surface area contributed by atoms with Crippen LogP contribution >= 0.6 is 0 Å². The van der Waals surface area contributed by atoms with Gasteiger partial charge in [0.25, 0.3) is 0 Å². The van der Waals surface area contributed by atoms with Crippen molar-refractivity contribution >= 4 is 29.0 Å². The number of carbonyl (C=O) groups is 1. The van der Waals surface area contributed by atoms with Gasteiger partial charge in [-0.3, -0.25) is 14.9 Å². The van der Waals surface area contributed by atoms with Crippen LogP contribution < -0.4 is 9.80 Å². The van der Waals surface area contributed by atoms with E-state index >= 15 is 0 Å². The summed E-state index contributed by atoms with van der Waals surface area (Å²) in [6.45, 7) is 2.92. The molecule has 1 aromatic heterocycles. The fourth-order valence-electron chi connectivity index (χ4n) is 3.43. The Morgan fingerprint density at radius 3 is 2.66 bits per heavy atom. The van der Waals surface area contributed by atoms with E-state index in [1.165, 1.54) is 30.4 Å². The molecule has 1 aliphatic rings. The molecule has 0 unspecified atom stereocenters. The lowest BCUT2D eigenvalue weighted by Crippen LogP contribution is -2.38. The Kier molecular flexibility index (Phi) is 6.20. The molecule has 0 atom stereocenters. The van der Waals surface area contributed by atoms with Gasteiger partial charge in [0.15, 0.2) is 0 Å². The van der Waals surface area contributed by atoms with Gasteiger partial charge in [0.1, 0.15) is 12.1 Å². The summed E-state index contributed by atoms with van der Waals surface area (Å²) in [6.07, 6.45) is 2.25. The molecule has 0 amide bonds. The maximum Gasteiger partial charge on any atom is 0.353 e. The quantitative estimate of drug-likeness (QED) is 0.412. The summed E-state index contributed by atoms with van der Waals surface area (Å²) >= 11 is 0. The molecule has 1 saturated heterocycles. The number of ether oxygens (including phenoxy) is 1. The molecular formula is C19H22FN5O4. The number of nitro groups is 1. The molecule has 0 radical (unpaired) electrons. The maximum absolute atomic E-state index is 14.2. The highest BCUT2D eigenvalue weighted by molar-refractivity contribution is 5.77. The van der Waals surface area contributed by atoms with Crippen molar-refractivity contribution in [2.75, 3.05) is 36.5 Å². The average molecular weight is 403 g/mol. The number of benzene rings is 1. The molecule has 1 aliphatic heterocycles. The smallest absolute Gasteiger partial charge is 0.353 e. The Morgan fingerprint density at radius 1 is 1.34 bits per heavy atom. The first-order valence-corrected chi connectivity index (χ1v) is 9.33. The largest absolute Gasteiger partial charge is 0.466 e. The van der Waals surface area contributed by atoms with Crippen LogP contribution in [0.4, 0.5) is 27.4 Å². The van der Waals surface area contributed by atoms with E-state index in [1.807, 2.05) is 0 Å². The highest BCUT2D eigenvalue weighted by atomic mass is 19.1. The third-order valence-corrected chi connectivity index (χ3v) is 4.91. The topological polar surface area (TPSA) is 102 Å². The monoisotopic (exact) mass is 403 g/mol. The summed E-state index contributed by atoms with van der Waals surface area (Å²) in [5, 5.41) is 11.9. The number of nitrogens with zero attached hydrogens (tertiary/aromatic N) is 5. The number of hydrogen-bond donors (Lipinski definition) is 0. The standard InChI is InChI=1S/C19H22FN5O4/c1-3-29-19(26)13-8-10-24(11-9-13)18-16(25(27)28)17(21-12-22-18)23(2)15-7-5-4-6-14(15)20/h4-7,12-13H,3,8-11H2,1-2H3. The second kappa shape index (κ2) is 8.80. The minimum absolute atomic E-state index is 0.00221. The first kappa shape index (κ1) is 20.4. The lowest BCUT2D eigenvalue weighted by Gasteiger charge is -2.31. The van der Waals surface area contributed by atoms with Gasteiger partial charge in [0.2, 0.25) is 11.6 Å². The summed E-state index contributed by atoms with van der Waals surface area (Å²) in [4.78, 5) is 34.5. The molecule has 9 nitrogen and oxygen atoms in total. The fraction of sp³-hybridized carbons (Fsp3) is 0.421. The number of esters is 1. The molecule has 0 N–H and O–H groups in total. The molecule has 1 aromatic carbocycles. The molecule has 10 heteroatoms. The minimum Gasteiger partial charge on any atom is -0.466 e. The molecule has 29 heavy (non-hydrogen) atoms. The van der Waals surface area contributed by atoms with Crippen molar-refractivity contribution in [1.29, 1.82) is 0 Å². The zero-order valence-corrected chi connectivity index (χ0v) is 16.2. The van der Waals surface area contributed by atoms with E-state index in [9.17, 15) is 19.3 Å². The number of piperidine rings is 1. The van der Waals surface area contributed by atoms with Gasteiger partial charge in [-0.05, 0) is 31.9 Å². The first-order valence-electron chi connectivity index (χ1n) is 9.33. The second-order valence-electron chi connectivity index (χ2n) is 6.65. The van der Waals surface area contributed by atoms with Crippen molar-refractivity contribution in [2.24, 2.45) is 5.92 Å². The number of carbonyl (C=O) groups excluding carboxylic acids is 1. The molecule has 2 aromatic rings. The van der Waals surface area contributed by atoms with Gasteiger partial charge in [-0.15, -0.1) is 0 Å². The molecule has 0 aliphatic carbocycles. The minimum atomic E-state index is -0.556. The van der Waals surface area contributed by atoms with Gasteiger partial charge in [0.05, 0.1) is 23.1 Å². The maximum atomic E-state index is 14.2. The molecule has 3 rings (SSSR count). The molecule has 0 saturated carbocycles. The molecule has 0 spiro atoms. The predicted octanol–water partition coefficient (Wildman–Crippen LogP) is 3.07. The zero-order valence-electron chi connectivity index (χ0n) is 16.2. The summed E-state index contributed by atoms with van der Waals surface area (Å²) in [5.74, 6) is -0.834. The van der Waals surface area contributed by atoms with Crippen LogP contribution in [0.5, 0.6) is 0 Å². The lowest BCUT2D eigenvalue weighted by molar-refractivity contribution is -0.383. The third kappa shape index (κ3) is 4.25. The van der Waals surface area contributed by atoms with E-state index < -0.39 is 10.7 Å². The summed E-state index contributed by atoms with van der Waals surface area (Å²) in [5.41, 5.74) is -0.130. The van der Waals surface area contributed by atoms with Crippen LogP contribution in [0.3, 0.4) is 0 Å². The van der Waals surface area contributed by atoms with Crippen LogP contribution in [-0.4, -0.2) is 47.6 Å². The highest BCUT2D eigenvalue weighted by Gasteiger charge is 2.33. The van der Waals surface area contributed by atoms with Crippen LogP contribution in [0, 0.1) is 21.8 Å². The SMILES string of the molecule is CCOC(=O)C1CCN(c2ncnc(N(C)c3ccccc3F)c2[N+](=O)[O-])CC1. The van der Waals surface area contributed by atoms with Crippen molar-refractivity contribution in [2.45, 2.75) is 19.8 Å². The van der Waals surface area contributed by atoms with Crippen molar-refractivity contribution in [3.63, 3.8) is 0 Å². The van der Waals surface area contributed by atoms with Crippen LogP contribution in [0.15, 0.2) is 30.6 Å². The first-order chi connectivity index (χ1) is 13.9. The summed E-state index contributed by atoms with van der Waals surface area (Å²) in [6, 6.07) is 5.98. The van der Waals surface area contributed by atoms with Gasteiger partial charge in [-0.25, -0.2) is 14.4 Å². The van der Waals surface area contributed by atoms with Gasteiger partial charge in [-0.1, -0.05) is 12.1 Å². The average Bonchev–Trinajstić information content (AvgIpc) is 2.73. The Labute approximate surface area is 167 Å². The van der Waals surface area contributed by atoms with Gasteiger partial charge in [-0.2, -0.15) is 0 Å². The molecular weight excluding hydrogens is 381 g/mol. The van der Waals surface area contributed by atoms with E-state index in [0.717, 1.165) is 0 Å². The van der Waals surface area contributed by atoms with Crippen LogP contribution in [0.1, 0.15) is 19.8 Å². The van der Waals surface area contributed by atoms with E-state index in [-0.39, 0.29) is 34.9 Å². The summed E-state index contributed by atoms with van der Waals surface area (Å²) < 4.78 is 19.2. The molecule has 0 bridgehead atoms. The highest BCUT2D eigenvalue weighted by Crippen LogP contribution is 2.38. The Hall–Kier alpha value is -3.30. The van der Waals surface area contributed by atoms with Crippen molar-refractivity contribution in [3.8, 4) is 0 Å². The van der Waals surface area contributed by atoms with Gasteiger partial charge >= 0.3 is 11.7 Å². The van der Waals surface area contributed by atoms with Crippen LogP contribution in [-0.2, 0) is 9.53 Å². The van der Waals surface area contributed by atoms with Gasteiger partial charge < -0.3 is 14.5 Å². The van der Waals surface area contributed by atoms with Crippen molar-refractivity contribution < 1.29 is 18.8 Å². The zero-order chi connectivity index (χ0) is 21.0. The van der Waals surface area contributed by atoms with Crippen molar-refractivity contribution in [1.82, 2.24) is 9.97 Å². The van der Waals surface area contributed by atoms with Crippen LogP contribution in [0.25, 0.3) is 0 Å². The van der Waals surface area contributed by atoms with Gasteiger partial charge in [0, 0.05) is 20.1 Å². The van der Waals surface area contributed by atoms with E-state index in [4.69, 9.17) is 4.74 Å². The Bertz CT molecular complexity index is 902. The molecule has 2 heterocycles. The fourth-order valence-corrected chi connectivity index (χ4v) is 3.43. The predicted molar refractivity (Wildman–Crippen MR) is 105 cm³/mol. The summed E-state index contributed by atoms with van der Waals surface area (Å²) in [7, 11) is 1.52. The van der Waals surface area contributed by atoms with E-state index in [0.29, 0.717) is 32.5 Å². The number of aromatic nitrogens is 2. The van der Waals surface area contributed by atoms with Crippen LogP contribution in [0.2, 0.25) is 0 Å². The Balaban J connectivity index is 1.90. The van der Waals surface area contributed by atoms with E-state index in [1.54, 1.807) is 24.0 Å². The third-order valence-electron chi connectivity index (χ3n) is 4.91. The second-order valence-corrected chi connectivity index (χ2v) is 6.65. The molecule has 1 fully saturated rings. The molecule has 154 valence electrons.